The lowest BCUT2D eigenvalue weighted by Gasteiger charge is -2.25. The van der Waals surface area contributed by atoms with Crippen LogP contribution in [-0.4, -0.2) is 42.5 Å². The largest absolute Gasteiger partial charge is 0.382 e. The molecular weight excluding hydrogens is 248 g/mol. The number of nitrogen functional groups attached to an aromatic ring is 1. The van der Waals surface area contributed by atoms with Gasteiger partial charge in [-0.1, -0.05) is 11.3 Å². The number of piperidine rings is 1. The van der Waals surface area contributed by atoms with Crippen LogP contribution in [0.3, 0.4) is 0 Å². The molecule has 2 N–H and O–H groups in total. The first-order valence-corrected chi connectivity index (χ1v) is 7.21. The van der Waals surface area contributed by atoms with E-state index in [0.29, 0.717) is 17.2 Å². The van der Waals surface area contributed by atoms with Crippen molar-refractivity contribution < 1.29 is 4.79 Å². The quantitative estimate of drug-likeness (QED) is 0.908. The molecule has 0 bridgehead atoms. The molecule has 0 saturated carbocycles. The molecule has 100 valence electrons. The van der Waals surface area contributed by atoms with E-state index in [1.807, 2.05) is 6.92 Å². The van der Waals surface area contributed by atoms with Gasteiger partial charge in [-0.25, -0.2) is 4.98 Å². The fourth-order valence-corrected chi connectivity index (χ4v) is 3.04. The Balaban J connectivity index is 2.18. The Morgan fingerprint density at radius 2 is 2.11 bits per heavy atom. The number of hydrogen-bond acceptors (Lipinski definition) is 5. The number of hydrogen-bond donors (Lipinski definition) is 1. The Morgan fingerprint density at radius 3 is 2.72 bits per heavy atom. The molecule has 0 unspecified atom stereocenters. The maximum Gasteiger partial charge on any atom is 0.267 e. The van der Waals surface area contributed by atoms with Gasteiger partial charge >= 0.3 is 0 Å². The summed E-state index contributed by atoms with van der Waals surface area (Å²) in [4.78, 5) is 20.9. The highest BCUT2D eigenvalue weighted by molar-refractivity contribution is 7.18. The zero-order valence-corrected chi connectivity index (χ0v) is 11.8. The second-order valence-corrected chi connectivity index (χ2v) is 5.56. The Labute approximate surface area is 112 Å². The van der Waals surface area contributed by atoms with Crippen molar-refractivity contribution >= 4 is 28.2 Å². The molecule has 1 amide bonds. The number of anilines is 2. The Kier molecular flexibility index (Phi) is 4.06. The zero-order valence-electron chi connectivity index (χ0n) is 11.0. The van der Waals surface area contributed by atoms with Gasteiger partial charge in [-0.2, -0.15) is 0 Å². The molecule has 6 heteroatoms. The number of carbonyl (C=O) groups is 1. The van der Waals surface area contributed by atoms with Crippen LogP contribution in [0.15, 0.2) is 0 Å². The topological polar surface area (TPSA) is 62.5 Å². The first kappa shape index (κ1) is 13.1. The summed E-state index contributed by atoms with van der Waals surface area (Å²) in [5.74, 6) is 0.335. The lowest BCUT2D eigenvalue weighted by Crippen LogP contribution is -2.29. The van der Waals surface area contributed by atoms with Gasteiger partial charge in [0.2, 0.25) is 0 Å². The summed E-state index contributed by atoms with van der Waals surface area (Å²) in [5, 5.41) is 0.889. The molecule has 18 heavy (non-hydrogen) atoms. The molecule has 0 aromatic carbocycles. The third-order valence-electron chi connectivity index (χ3n) is 3.28. The molecule has 5 nitrogen and oxygen atoms in total. The van der Waals surface area contributed by atoms with Crippen molar-refractivity contribution in [1.82, 2.24) is 9.88 Å². The number of carbonyl (C=O) groups excluding carboxylic acids is 1. The molecule has 2 rings (SSSR count). The number of thiazole rings is 1. The summed E-state index contributed by atoms with van der Waals surface area (Å²) in [7, 11) is 1.78. The van der Waals surface area contributed by atoms with Gasteiger partial charge in [0.15, 0.2) is 5.13 Å². The molecule has 0 radical (unpaired) electrons. The van der Waals surface area contributed by atoms with Gasteiger partial charge in [-0.15, -0.1) is 0 Å². The molecule has 1 fully saturated rings. The van der Waals surface area contributed by atoms with Crippen LogP contribution in [0.5, 0.6) is 0 Å². The second-order valence-electron chi connectivity index (χ2n) is 4.58. The minimum absolute atomic E-state index is 0.0317. The van der Waals surface area contributed by atoms with Crippen LogP contribution >= 0.6 is 11.3 Å². The predicted molar refractivity (Wildman–Crippen MR) is 75.2 cm³/mol. The van der Waals surface area contributed by atoms with Crippen molar-refractivity contribution in [1.29, 1.82) is 0 Å². The monoisotopic (exact) mass is 268 g/mol. The first-order valence-electron chi connectivity index (χ1n) is 6.40. The fourth-order valence-electron chi connectivity index (χ4n) is 2.01. The van der Waals surface area contributed by atoms with Crippen LogP contribution in [-0.2, 0) is 0 Å². The van der Waals surface area contributed by atoms with Crippen molar-refractivity contribution in [3.63, 3.8) is 0 Å². The number of nitrogens with two attached hydrogens (primary N) is 1. The molecular formula is C12H20N4OS. The number of amides is 1. The van der Waals surface area contributed by atoms with Gasteiger partial charge in [-0.3, -0.25) is 4.79 Å². The minimum Gasteiger partial charge on any atom is -0.382 e. The number of nitrogens with zero attached hydrogens (tertiary/aromatic N) is 3. The minimum atomic E-state index is -0.0317. The van der Waals surface area contributed by atoms with Crippen molar-refractivity contribution in [3.8, 4) is 0 Å². The van der Waals surface area contributed by atoms with E-state index < -0.39 is 0 Å². The van der Waals surface area contributed by atoms with Crippen LogP contribution in [0.25, 0.3) is 0 Å². The van der Waals surface area contributed by atoms with E-state index >= 15 is 0 Å². The van der Waals surface area contributed by atoms with Gasteiger partial charge in [-0.05, 0) is 26.2 Å². The molecule has 0 spiro atoms. The fraction of sp³-hybridized carbons (Fsp3) is 0.667. The van der Waals surface area contributed by atoms with Crippen molar-refractivity contribution in [2.24, 2.45) is 0 Å². The van der Waals surface area contributed by atoms with Crippen molar-refractivity contribution in [2.75, 3.05) is 37.3 Å². The second kappa shape index (κ2) is 5.56. The van der Waals surface area contributed by atoms with E-state index in [1.165, 1.54) is 30.6 Å². The van der Waals surface area contributed by atoms with E-state index in [1.54, 1.807) is 11.9 Å². The SMILES string of the molecule is CCN(C)C(=O)c1sc(N2CCCCC2)nc1N. The van der Waals surface area contributed by atoms with E-state index in [0.717, 1.165) is 18.2 Å². The molecule has 0 aliphatic carbocycles. The van der Waals surface area contributed by atoms with E-state index in [4.69, 9.17) is 5.73 Å². The number of aromatic nitrogens is 1. The predicted octanol–water partition coefficient (Wildman–Crippen LogP) is 1.81. The summed E-state index contributed by atoms with van der Waals surface area (Å²) in [6.45, 7) is 4.66. The van der Waals surface area contributed by atoms with E-state index in [9.17, 15) is 4.79 Å². The standard InChI is InChI=1S/C12H20N4OS/c1-3-15(2)11(17)9-10(13)14-12(18-9)16-7-5-4-6-8-16/h3-8,13H2,1-2H3. The summed E-state index contributed by atoms with van der Waals surface area (Å²) >= 11 is 1.42. The smallest absolute Gasteiger partial charge is 0.267 e. The lowest BCUT2D eigenvalue weighted by molar-refractivity contribution is 0.0808. The van der Waals surface area contributed by atoms with Gasteiger partial charge < -0.3 is 15.5 Å². The third-order valence-corrected chi connectivity index (χ3v) is 4.40. The first-order chi connectivity index (χ1) is 8.63. The summed E-state index contributed by atoms with van der Waals surface area (Å²) in [5.41, 5.74) is 5.87. The number of rotatable bonds is 3. The maximum absolute atomic E-state index is 12.1. The Bertz CT molecular complexity index is 426. The normalized spacial score (nSPS) is 15.8. The maximum atomic E-state index is 12.1. The van der Waals surface area contributed by atoms with Gasteiger partial charge in [0.05, 0.1) is 0 Å². The molecule has 2 heterocycles. The lowest BCUT2D eigenvalue weighted by atomic mass is 10.1. The summed E-state index contributed by atoms with van der Waals surface area (Å²) in [6, 6.07) is 0. The molecule has 1 saturated heterocycles. The van der Waals surface area contributed by atoms with Gasteiger partial charge in [0.25, 0.3) is 5.91 Å². The Morgan fingerprint density at radius 1 is 1.44 bits per heavy atom. The molecule has 1 aliphatic rings. The molecule has 1 aromatic heterocycles. The molecule has 1 aliphatic heterocycles. The van der Waals surface area contributed by atoms with Gasteiger partial charge in [0, 0.05) is 26.7 Å². The third kappa shape index (κ3) is 2.58. The van der Waals surface area contributed by atoms with Crippen LogP contribution in [0.4, 0.5) is 10.9 Å². The summed E-state index contributed by atoms with van der Waals surface area (Å²) < 4.78 is 0. The average Bonchev–Trinajstić information content (AvgIpc) is 2.80. The van der Waals surface area contributed by atoms with Crippen LogP contribution in [0.2, 0.25) is 0 Å². The van der Waals surface area contributed by atoms with E-state index in [-0.39, 0.29) is 5.91 Å². The summed E-state index contributed by atoms with van der Waals surface area (Å²) in [6.07, 6.45) is 3.66. The highest BCUT2D eigenvalue weighted by atomic mass is 32.1. The zero-order chi connectivity index (χ0) is 13.1. The van der Waals surface area contributed by atoms with Crippen LogP contribution in [0, 0.1) is 0 Å². The van der Waals surface area contributed by atoms with Gasteiger partial charge in [0.1, 0.15) is 10.7 Å². The molecule has 1 aromatic rings. The van der Waals surface area contributed by atoms with Crippen molar-refractivity contribution in [2.45, 2.75) is 26.2 Å². The molecule has 0 atom stereocenters. The Hall–Kier alpha value is -1.30. The van der Waals surface area contributed by atoms with E-state index in [2.05, 4.69) is 9.88 Å². The highest BCUT2D eigenvalue weighted by Crippen LogP contribution is 2.30. The highest BCUT2D eigenvalue weighted by Gasteiger charge is 2.22. The van der Waals surface area contributed by atoms with Crippen LogP contribution < -0.4 is 10.6 Å². The average molecular weight is 268 g/mol. The van der Waals surface area contributed by atoms with Crippen LogP contribution in [0.1, 0.15) is 35.9 Å². The van der Waals surface area contributed by atoms with Crippen molar-refractivity contribution in [3.05, 3.63) is 4.88 Å².